The first-order valence-electron chi connectivity index (χ1n) is 7.24. The molecule has 0 aromatic heterocycles. The molecule has 1 fully saturated rings. The van der Waals surface area contributed by atoms with E-state index >= 15 is 0 Å². The van der Waals surface area contributed by atoms with Crippen molar-refractivity contribution in [2.24, 2.45) is 11.7 Å². The lowest BCUT2D eigenvalue weighted by molar-refractivity contribution is -0.148. The molecule has 4 nitrogen and oxygen atoms in total. The summed E-state index contributed by atoms with van der Waals surface area (Å²) in [5.41, 5.74) is 5.93. The van der Waals surface area contributed by atoms with E-state index < -0.39 is 0 Å². The second kappa shape index (κ2) is 7.74. The Kier molecular flexibility index (Phi) is 6.65. The molecule has 0 aromatic carbocycles. The highest BCUT2D eigenvalue weighted by Crippen LogP contribution is 2.22. The fraction of sp³-hybridized carbons (Fsp3) is 0.929. The van der Waals surface area contributed by atoms with Gasteiger partial charge in [-0.3, -0.25) is 9.69 Å². The van der Waals surface area contributed by atoms with Crippen molar-refractivity contribution >= 4 is 5.97 Å². The standard InChI is InChI=1S/C14H28N2O2/c1-4-16(10-11(3)14(17)18-5-2)13-8-6-12(15)7-9-13/h11-13H,4-10,15H2,1-3H3. The number of esters is 1. The topological polar surface area (TPSA) is 55.6 Å². The van der Waals surface area contributed by atoms with Gasteiger partial charge in [0, 0.05) is 18.6 Å². The molecule has 1 aliphatic carbocycles. The lowest BCUT2D eigenvalue weighted by Gasteiger charge is -2.36. The summed E-state index contributed by atoms with van der Waals surface area (Å²) in [4.78, 5) is 14.1. The van der Waals surface area contributed by atoms with Gasteiger partial charge in [-0.05, 0) is 39.2 Å². The number of nitrogens with two attached hydrogens (primary N) is 1. The van der Waals surface area contributed by atoms with Gasteiger partial charge in [0.1, 0.15) is 0 Å². The van der Waals surface area contributed by atoms with Gasteiger partial charge >= 0.3 is 5.97 Å². The fourth-order valence-corrected chi connectivity index (χ4v) is 2.71. The number of nitrogens with zero attached hydrogens (tertiary/aromatic N) is 1. The summed E-state index contributed by atoms with van der Waals surface area (Å²) >= 11 is 0. The first kappa shape index (κ1) is 15.4. The first-order valence-corrected chi connectivity index (χ1v) is 7.24. The second-order valence-electron chi connectivity index (χ2n) is 5.31. The third kappa shape index (κ3) is 4.58. The van der Waals surface area contributed by atoms with Gasteiger partial charge in [-0.2, -0.15) is 0 Å². The van der Waals surface area contributed by atoms with Crippen molar-refractivity contribution in [3.8, 4) is 0 Å². The summed E-state index contributed by atoms with van der Waals surface area (Å²) in [6.45, 7) is 8.22. The van der Waals surface area contributed by atoms with Crippen LogP contribution in [-0.2, 0) is 9.53 Å². The Morgan fingerprint density at radius 2 is 1.94 bits per heavy atom. The molecule has 0 heterocycles. The minimum absolute atomic E-state index is 0.0412. The van der Waals surface area contributed by atoms with Gasteiger partial charge in [-0.15, -0.1) is 0 Å². The minimum Gasteiger partial charge on any atom is -0.466 e. The minimum atomic E-state index is -0.0801. The van der Waals surface area contributed by atoms with E-state index in [1.165, 1.54) is 0 Å². The molecule has 0 saturated heterocycles. The van der Waals surface area contributed by atoms with Crippen LogP contribution in [0.2, 0.25) is 0 Å². The van der Waals surface area contributed by atoms with Gasteiger partial charge in [0.15, 0.2) is 0 Å². The number of carbonyl (C=O) groups is 1. The van der Waals surface area contributed by atoms with Gasteiger partial charge < -0.3 is 10.5 Å². The van der Waals surface area contributed by atoms with Crippen LogP contribution in [0.4, 0.5) is 0 Å². The molecule has 0 spiro atoms. The van der Waals surface area contributed by atoms with Gasteiger partial charge in [-0.1, -0.05) is 13.8 Å². The average molecular weight is 256 g/mol. The van der Waals surface area contributed by atoms with Crippen LogP contribution in [0.15, 0.2) is 0 Å². The molecular weight excluding hydrogens is 228 g/mol. The maximum atomic E-state index is 11.7. The fourth-order valence-electron chi connectivity index (χ4n) is 2.71. The van der Waals surface area contributed by atoms with E-state index in [0.29, 0.717) is 18.7 Å². The normalized spacial score (nSPS) is 26.1. The van der Waals surface area contributed by atoms with Crippen molar-refractivity contribution in [2.75, 3.05) is 19.7 Å². The van der Waals surface area contributed by atoms with Crippen LogP contribution in [0.3, 0.4) is 0 Å². The zero-order valence-electron chi connectivity index (χ0n) is 12.0. The van der Waals surface area contributed by atoms with Gasteiger partial charge in [-0.25, -0.2) is 0 Å². The molecule has 106 valence electrons. The van der Waals surface area contributed by atoms with Gasteiger partial charge in [0.05, 0.1) is 12.5 Å². The molecule has 1 atom stereocenters. The van der Waals surface area contributed by atoms with Crippen LogP contribution in [0.5, 0.6) is 0 Å². The maximum absolute atomic E-state index is 11.7. The quantitative estimate of drug-likeness (QED) is 0.736. The third-order valence-corrected chi connectivity index (χ3v) is 3.86. The van der Waals surface area contributed by atoms with E-state index in [2.05, 4.69) is 11.8 Å². The average Bonchev–Trinajstić information content (AvgIpc) is 2.37. The molecule has 1 unspecified atom stereocenters. The molecule has 0 amide bonds. The molecule has 2 N–H and O–H groups in total. The van der Waals surface area contributed by atoms with Crippen LogP contribution in [0.1, 0.15) is 46.5 Å². The molecule has 0 aliphatic heterocycles. The molecule has 1 aliphatic rings. The van der Waals surface area contributed by atoms with Gasteiger partial charge in [0.2, 0.25) is 0 Å². The Labute approximate surface area is 111 Å². The Morgan fingerprint density at radius 3 is 2.44 bits per heavy atom. The number of hydrogen-bond donors (Lipinski definition) is 1. The van der Waals surface area contributed by atoms with Crippen molar-refractivity contribution in [2.45, 2.75) is 58.5 Å². The summed E-state index contributed by atoms with van der Waals surface area (Å²) < 4.78 is 5.07. The summed E-state index contributed by atoms with van der Waals surface area (Å²) in [5.74, 6) is -0.121. The molecule has 4 heteroatoms. The van der Waals surface area contributed by atoms with Crippen LogP contribution in [0.25, 0.3) is 0 Å². The highest BCUT2D eigenvalue weighted by Gasteiger charge is 2.26. The van der Waals surface area contributed by atoms with E-state index in [9.17, 15) is 4.79 Å². The van der Waals surface area contributed by atoms with Crippen molar-refractivity contribution in [3.05, 3.63) is 0 Å². The SMILES string of the molecule is CCOC(=O)C(C)CN(CC)C1CCC(N)CC1. The van der Waals surface area contributed by atoms with Crippen LogP contribution >= 0.6 is 0 Å². The Bertz CT molecular complexity index is 250. The monoisotopic (exact) mass is 256 g/mol. The molecule has 1 rings (SSSR count). The van der Waals surface area contributed by atoms with E-state index in [0.717, 1.165) is 38.8 Å². The number of ether oxygens (including phenoxy) is 1. The summed E-state index contributed by atoms with van der Waals surface area (Å²) in [5, 5.41) is 0. The van der Waals surface area contributed by atoms with E-state index in [-0.39, 0.29) is 11.9 Å². The van der Waals surface area contributed by atoms with Crippen LogP contribution in [-0.4, -0.2) is 42.6 Å². The van der Waals surface area contributed by atoms with E-state index in [4.69, 9.17) is 10.5 Å². The highest BCUT2D eigenvalue weighted by molar-refractivity contribution is 5.72. The van der Waals surface area contributed by atoms with E-state index in [1.807, 2.05) is 13.8 Å². The zero-order chi connectivity index (χ0) is 13.5. The predicted molar refractivity (Wildman–Crippen MR) is 73.3 cm³/mol. The number of rotatable bonds is 6. The third-order valence-electron chi connectivity index (χ3n) is 3.86. The van der Waals surface area contributed by atoms with Crippen molar-refractivity contribution in [1.82, 2.24) is 4.90 Å². The van der Waals surface area contributed by atoms with Crippen LogP contribution in [0, 0.1) is 5.92 Å². The van der Waals surface area contributed by atoms with E-state index in [1.54, 1.807) is 0 Å². The lowest BCUT2D eigenvalue weighted by Crippen LogP contribution is -2.43. The smallest absolute Gasteiger partial charge is 0.309 e. The molecule has 1 saturated carbocycles. The summed E-state index contributed by atoms with van der Waals surface area (Å²) in [6.07, 6.45) is 4.53. The summed E-state index contributed by atoms with van der Waals surface area (Å²) in [6, 6.07) is 0.967. The molecule has 18 heavy (non-hydrogen) atoms. The largest absolute Gasteiger partial charge is 0.466 e. The van der Waals surface area contributed by atoms with Crippen molar-refractivity contribution < 1.29 is 9.53 Å². The van der Waals surface area contributed by atoms with Gasteiger partial charge in [0.25, 0.3) is 0 Å². The Morgan fingerprint density at radius 1 is 1.33 bits per heavy atom. The maximum Gasteiger partial charge on any atom is 0.309 e. The first-order chi connectivity index (χ1) is 8.58. The number of carbonyl (C=O) groups excluding carboxylic acids is 1. The number of hydrogen-bond acceptors (Lipinski definition) is 4. The lowest BCUT2D eigenvalue weighted by atomic mass is 9.90. The van der Waals surface area contributed by atoms with Crippen molar-refractivity contribution in [1.29, 1.82) is 0 Å². The predicted octanol–water partition coefficient (Wildman–Crippen LogP) is 1.78. The second-order valence-corrected chi connectivity index (χ2v) is 5.31. The molecule has 0 radical (unpaired) electrons. The molecular formula is C14H28N2O2. The molecule has 0 aromatic rings. The Hall–Kier alpha value is -0.610. The summed E-state index contributed by atoms with van der Waals surface area (Å²) in [7, 11) is 0. The zero-order valence-corrected chi connectivity index (χ0v) is 12.0. The highest BCUT2D eigenvalue weighted by atomic mass is 16.5. The Balaban J connectivity index is 2.43. The molecule has 0 bridgehead atoms. The van der Waals surface area contributed by atoms with Crippen LogP contribution < -0.4 is 5.73 Å². The van der Waals surface area contributed by atoms with Crippen molar-refractivity contribution in [3.63, 3.8) is 0 Å².